The Morgan fingerprint density at radius 3 is 2.76 bits per heavy atom. The average molecular weight is 339 g/mol. The smallest absolute Gasteiger partial charge is 0.260 e. The highest BCUT2D eigenvalue weighted by Gasteiger charge is 2.26. The van der Waals surface area contributed by atoms with Gasteiger partial charge in [-0.25, -0.2) is 0 Å². The number of hydrogen-bond donors (Lipinski definition) is 2. The molecule has 6 nitrogen and oxygen atoms in total. The van der Waals surface area contributed by atoms with Gasteiger partial charge in [0.1, 0.15) is 5.75 Å². The van der Waals surface area contributed by atoms with Gasteiger partial charge in [0.15, 0.2) is 6.61 Å². The summed E-state index contributed by atoms with van der Waals surface area (Å²) in [7, 11) is 0. The molecule has 25 heavy (non-hydrogen) atoms. The number of rotatable bonds is 5. The molecule has 6 heteroatoms. The zero-order chi connectivity index (χ0) is 17.8. The number of carbonyl (C=O) groups excluding carboxylic acids is 2. The molecule has 0 aliphatic carbocycles. The summed E-state index contributed by atoms with van der Waals surface area (Å²) in [6, 6.07) is 11.3. The highest BCUT2D eigenvalue weighted by molar-refractivity contribution is 6.01. The topological polar surface area (TPSA) is 82.5 Å². The molecular formula is C19H21N3O3. The fourth-order valence-corrected chi connectivity index (χ4v) is 3.17. The average Bonchev–Trinajstić information content (AvgIpc) is 3.07. The summed E-state index contributed by atoms with van der Waals surface area (Å²) in [5.41, 5.74) is 0.812. The Balaban J connectivity index is 1.66. The van der Waals surface area contributed by atoms with E-state index in [0.29, 0.717) is 18.8 Å². The van der Waals surface area contributed by atoms with Crippen molar-refractivity contribution >= 4 is 28.8 Å². The Hall–Kier alpha value is -2.89. The summed E-state index contributed by atoms with van der Waals surface area (Å²) >= 11 is 0. The van der Waals surface area contributed by atoms with Gasteiger partial charge in [-0.3, -0.25) is 9.59 Å². The van der Waals surface area contributed by atoms with E-state index in [1.54, 1.807) is 11.0 Å². The third-order valence-electron chi connectivity index (χ3n) is 4.37. The van der Waals surface area contributed by atoms with Crippen molar-refractivity contribution < 1.29 is 14.3 Å². The van der Waals surface area contributed by atoms with Crippen LogP contribution >= 0.6 is 0 Å². The minimum Gasteiger partial charge on any atom is -0.483 e. The lowest BCUT2D eigenvalue weighted by atomic mass is 10.0. The lowest BCUT2D eigenvalue weighted by Crippen LogP contribution is -2.38. The van der Waals surface area contributed by atoms with Gasteiger partial charge in [0, 0.05) is 43.2 Å². The number of nitrogens with zero attached hydrogens (tertiary/aromatic N) is 1. The lowest BCUT2D eigenvalue weighted by Gasteiger charge is -2.18. The molecule has 0 spiro atoms. The number of benzene rings is 2. The third kappa shape index (κ3) is 3.79. The maximum Gasteiger partial charge on any atom is 0.260 e. The highest BCUT2D eigenvalue weighted by Crippen LogP contribution is 2.28. The molecule has 1 heterocycles. The maximum absolute atomic E-state index is 12.4. The number of nitrogens with one attached hydrogen (secondary N) is 2. The molecule has 1 unspecified atom stereocenters. The van der Waals surface area contributed by atoms with Crippen molar-refractivity contribution in [2.24, 2.45) is 0 Å². The second-order valence-electron chi connectivity index (χ2n) is 6.16. The van der Waals surface area contributed by atoms with Crippen molar-refractivity contribution in [3.05, 3.63) is 42.0 Å². The van der Waals surface area contributed by atoms with Gasteiger partial charge in [-0.2, -0.15) is 0 Å². The van der Waals surface area contributed by atoms with Gasteiger partial charge in [-0.15, -0.1) is 0 Å². The minimum absolute atomic E-state index is 0.0224. The number of ether oxygens (including phenoxy) is 1. The summed E-state index contributed by atoms with van der Waals surface area (Å²) in [5.74, 6) is 0.466. The van der Waals surface area contributed by atoms with E-state index in [9.17, 15) is 9.59 Å². The molecule has 2 amide bonds. The Kier molecular flexibility index (Phi) is 4.97. The standard InChI is InChI=1S/C19H21N3O3/c1-13(23)21-15-8-9-22(11-15)19(24)12-25-18-7-6-14(10-20)16-4-2-3-5-17(16)18/h2-7,10,15,20H,8-9,11-12H2,1H3,(H,21,23). The maximum atomic E-state index is 12.4. The third-order valence-corrected chi connectivity index (χ3v) is 4.37. The number of carbonyl (C=O) groups is 2. The van der Waals surface area contributed by atoms with Crippen LogP contribution in [0.4, 0.5) is 0 Å². The summed E-state index contributed by atoms with van der Waals surface area (Å²) in [6.45, 7) is 2.59. The van der Waals surface area contributed by atoms with Crippen LogP contribution in [0.15, 0.2) is 36.4 Å². The molecule has 1 atom stereocenters. The van der Waals surface area contributed by atoms with Gasteiger partial charge < -0.3 is 20.4 Å². The van der Waals surface area contributed by atoms with Crippen LogP contribution in [0.5, 0.6) is 5.75 Å². The molecular weight excluding hydrogens is 318 g/mol. The summed E-state index contributed by atoms with van der Waals surface area (Å²) in [5, 5.41) is 12.1. The molecule has 1 saturated heterocycles. The van der Waals surface area contributed by atoms with Crippen LogP contribution in [-0.4, -0.2) is 48.7 Å². The van der Waals surface area contributed by atoms with Crippen LogP contribution < -0.4 is 10.1 Å². The second-order valence-corrected chi connectivity index (χ2v) is 6.16. The quantitative estimate of drug-likeness (QED) is 0.817. The van der Waals surface area contributed by atoms with Crippen LogP contribution in [0, 0.1) is 5.41 Å². The van der Waals surface area contributed by atoms with Gasteiger partial charge in [0.2, 0.25) is 5.91 Å². The summed E-state index contributed by atoms with van der Waals surface area (Å²) in [4.78, 5) is 25.2. The molecule has 1 fully saturated rings. The Morgan fingerprint density at radius 2 is 2.04 bits per heavy atom. The monoisotopic (exact) mass is 339 g/mol. The number of likely N-dealkylation sites (tertiary alicyclic amines) is 1. The van der Waals surface area contributed by atoms with Crippen molar-refractivity contribution in [2.45, 2.75) is 19.4 Å². The number of fused-ring (bicyclic) bond motifs is 1. The van der Waals surface area contributed by atoms with Crippen LogP contribution in [0.25, 0.3) is 10.8 Å². The predicted molar refractivity (Wildman–Crippen MR) is 96.1 cm³/mol. The lowest BCUT2D eigenvalue weighted by molar-refractivity contribution is -0.132. The van der Waals surface area contributed by atoms with Crippen molar-refractivity contribution in [1.82, 2.24) is 10.2 Å². The van der Waals surface area contributed by atoms with Crippen molar-refractivity contribution in [2.75, 3.05) is 19.7 Å². The van der Waals surface area contributed by atoms with Crippen molar-refractivity contribution in [1.29, 1.82) is 5.41 Å². The Labute approximate surface area is 146 Å². The Morgan fingerprint density at radius 1 is 1.28 bits per heavy atom. The van der Waals surface area contributed by atoms with Crippen molar-refractivity contribution in [3.8, 4) is 5.75 Å². The van der Waals surface area contributed by atoms with E-state index < -0.39 is 0 Å². The zero-order valence-corrected chi connectivity index (χ0v) is 14.1. The van der Waals surface area contributed by atoms with E-state index >= 15 is 0 Å². The fourth-order valence-electron chi connectivity index (χ4n) is 3.17. The van der Waals surface area contributed by atoms with Crippen molar-refractivity contribution in [3.63, 3.8) is 0 Å². The minimum atomic E-state index is -0.0898. The fraction of sp³-hybridized carbons (Fsp3) is 0.316. The first kappa shape index (κ1) is 17.0. The van der Waals surface area contributed by atoms with Gasteiger partial charge in [0.05, 0.1) is 0 Å². The van der Waals surface area contributed by atoms with Crippen LogP contribution in [-0.2, 0) is 9.59 Å². The molecule has 0 bridgehead atoms. The highest BCUT2D eigenvalue weighted by atomic mass is 16.5. The van der Waals surface area contributed by atoms with E-state index in [2.05, 4.69) is 5.32 Å². The van der Waals surface area contributed by atoms with E-state index in [0.717, 1.165) is 22.8 Å². The normalized spacial score (nSPS) is 16.7. The first-order valence-corrected chi connectivity index (χ1v) is 8.28. The molecule has 2 aromatic carbocycles. The molecule has 0 aromatic heterocycles. The van der Waals surface area contributed by atoms with Crippen LogP contribution in [0.2, 0.25) is 0 Å². The molecule has 1 aliphatic rings. The SMILES string of the molecule is CC(=O)NC1CCN(C(=O)COc2ccc(C=N)c3ccccc23)C1. The summed E-state index contributed by atoms with van der Waals surface area (Å²) < 4.78 is 5.76. The molecule has 1 aliphatic heterocycles. The van der Waals surface area contributed by atoms with E-state index in [1.165, 1.54) is 13.1 Å². The molecule has 130 valence electrons. The molecule has 0 saturated carbocycles. The van der Waals surface area contributed by atoms with Gasteiger partial charge in [-0.05, 0) is 23.9 Å². The molecule has 3 rings (SSSR count). The first-order valence-electron chi connectivity index (χ1n) is 8.28. The van der Waals surface area contributed by atoms with Crippen LogP contribution in [0.1, 0.15) is 18.9 Å². The molecule has 2 aromatic rings. The molecule has 2 N–H and O–H groups in total. The van der Waals surface area contributed by atoms with E-state index in [1.807, 2.05) is 30.3 Å². The number of amides is 2. The van der Waals surface area contributed by atoms with Gasteiger partial charge in [-0.1, -0.05) is 24.3 Å². The Bertz CT molecular complexity index is 819. The van der Waals surface area contributed by atoms with Crippen LogP contribution in [0.3, 0.4) is 0 Å². The number of hydrogen-bond acceptors (Lipinski definition) is 4. The first-order chi connectivity index (χ1) is 12.1. The van der Waals surface area contributed by atoms with E-state index in [-0.39, 0.29) is 24.5 Å². The largest absolute Gasteiger partial charge is 0.483 e. The van der Waals surface area contributed by atoms with E-state index in [4.69, 9.17) is 10.1 Å². The van der Waals surface area contributed by atoms with Gasteiger partial charge >= 0.3 is 0 Å². The van der Waals surface area contributed by atoms with Gasteiger partial charge in [0.25, 0.3) is 5.91 Å². The predicted octanol–water partition coefficient (Wildman–Crippen LogP) is 1.95. The summed E-state index contributed by atoms with van der Waals surface area (Å²) in [6.07, 6.45) is 2.08. The second kappa shape index (κ2) is 7.34. The molecule has 0 radical (unpaired) electrons. The zero-order valence-electron chi connectivity index (χ0n) is 14.1.